The molecule has 5 heteroatoms. The predicted molar refractivity (Wildman–Crippen MR) is 65.4 cm³/mol. The molecule has 0 aliphatic rings. The number of hydrogen-bond donors (Lipinski definition) is 2. The van der Waals surface area contributed by atoms with Crippen molar-refractivity contribution in [2.75, 3.05) is 20.0 Å². The molecule has 1 aromatic rings. The number of pyridine rings is 1. The summed E-state index contributed by atoms with van der Waals surface area (Å²) in [5, 5.41) is 10.5. The van der Waals surface area contributed by atoms with Gasteiger partial charge in [-0.15, -0.1) is 0 Å². The van der Waals surface area contributed by atoms with Crippen LogP contribution in [-0.2, 0) is 15.1 Å². The van der Waals surface area contributed by atoms with Crippen molar-refractivity contribution in [1.82, 2.24) is 4.98 Å². The number of aliphatic hydroxyl groups is 1. The van der Waals surface area contributed by atoms with Gasteiger partial charge in [0.25, 0.3) is 0 Å². The quantitative estimate of drug-likeness (QED) is 0.756. The maximum absolute atomic E-state index is 10.5. The Kier molecular flexibility index (Phi) is 4.45. The molecule has 3 N–H and O–H groups in total. The van der Waals surface area contributed by atoms with Crippen molar-refractivity contribution in [3.05, 3.63) is 23.4 Å². The normalized spacial score (nSPS) is 14.9. The summed E-state index contributed by atoms with van der Waals surface area (Å²) in [7, 11) is 3.06. The van der Waals surface area contributed by atoms with Gasteiger partial charge >= 0.3 is 0 Å². The van der Waals surface area contributed by atoms with Crippen LogP contribution >= 0.6 is 0 Å². The lowest BCUT2D eigenvalue weighted by Crippen LogP contribution is -2.31. The van der Waals surface area contributed by atoms with E-state index in [0.717, 1.165) is 5.56 Å². The molecule has 17 heavy (non-hydrogen) atoms. The Hall–Kier alpha value is -1.17. The summed E-state index contributed by atoms with van der Waals surface area (Å²) in [6, 6.07) is 1.81. The zero-order valence-corrected chi connectivity index (χ0v) is 10.7. The first-order valence-electron chi connectivity index (χ1n) is 5.42. The number of hydrogen-bond acceptors (Lipinski definition) is 5. The van der Waals surface area contributed by atoms with Gasteiger partial charge in [-0.05, 0) is 25.5 Å². The Balaban J connectivity index is 3.04. The van der Waals surface area contributed by atoms with Gasteiger partial charge in [0.05, 0.1) is 5.60 Å². The molecule has 1 atom stereocenters. The van der Waals surface area contributed by atoms with Gasteiger partial charge in [-0.25, -0.2) is 4.98 Å². The summed E-state index contributed by atoms with van der Waals surface area (Å²) in [6.07, 6.45) is 1.43. The summed E-state index contributed by atoms with van der Waals surface area (Å²) in [5.74, 6) is 0.334. The van der Waals surface area contributed by atoms with Crippen LogP contribution in [0.15, 0.2) is 12.3 Å². The van der Waals surface area contributed by atoms with E-state index in [1.807, 2.05) is 13.0 Å². The molecule has 1 unspecified atom stereocenters. The molecule has 0 radical (unpaired) electrons. The Morgan fingerprint density at radius 1 is 1.47 bits per heavy atom. The zero-order valence-electron chi connectivity index (χ0n) is 10.7. The van der Waals surface area contributed by atoms with E-state index in [1.165, 1.54) is 14.2 Å². The first-order chi connectivity index (χ1) is 7.92. The fourth-order valence-electron chi connectivity index (χ4n) is 1.97. The Morgan fingerprint density at radius 3 is 2.53 bits per heavy atom. The molecule has 0 aromatic carbocycles. The van der Waals surface area contributed by atoms with Gasteiger partial charge in [-0.1, -0.05) is 0 Å². The standard InChI is InChI=1S/C12H20N2O3/c1-8-5-6-14-11(13)10(8)12(2,15)7-9(16-3)17-4/h5-6,9,15H,7H2,1-4H3,(H2,13,14). The minimum atomic E-state index is -1.14. The zero-order chi connectivity index (χ0) is 13.1. The number of aromatic nitrogens is 1. The molecule has 0 aliphatic carbocycles. The van der Waals surface area contributed by atoms with Gasteiger partial charge in [-0.3, -0.25) is 0 Å². The molecular weight excluding hydrogens is 220 g/mol. The summed E-state index contributed by atoms with van der Waals surface area (Å²) in [6.45, 7) is 3.56. The molecule has 0 fully saturated rings. The van der Waals surface area contributed by atoms with Gasteiger partial charge in [0.15, 0.2) is 6.29 Å². The van der Waals surface area contributed by atoms with Crippen LogP contribution in [0.4, 0.5) is 5.82 Å². The van der Waals surface area contributed by atoms with Crippen molar-refractivity contribution in [3.8, 4) is 0 Å². The van der Waals surface area contributed by atoms with Crippen LogP contribution in [-0.4, -0.2) is 30.6 Å². The maximum Gasteiger partial charge on any atom is 0.159 e. The summed E-state index contributed by atoms with van der Waals surface area (Å²) in [5.41, 5.74) is 6.19. The first-order valence-corrected chi connectivity index (χ1v) is 5.42. The molecule has 0 aliphatic heterocycles. The van der Waals surface area contributed by atoms with Gasteiger partial charge in [-0.2, -0.15) is 0 Å². The van der Waals surface area contributed by atoms with Crippen LogP contribution in [0.25, 0.3) is 0 Å². The van der Waals surface area contributed by atoms with Crippen LogP contribution in [0.3, 0.4) is 0 Å². The number of nitrogens with two attached hydrogens (primary N) is 1. The number of aryl methyl sites for hydroxylation is 1. The second-order valence-electron chi connectivity index (χ2n) is 4.27. The minimum absolute atomic E-state index is 0.288. The molecule has 1 rings (SSSR count). The highest BCUT2D eigenvalue weighted by molar-refractivity contribution is 5.47. The van der Waals surface area contributed by atoms with Crippen molar-refractivity contribution in [1.29, 1.82) is 0 Å². The largest absolute Gasteiger partial charge is 0.385 e. The van der Waals surface area contributed by atoms with Gasteiger partial charge in [0, 0.05) is 32.4 Å². The van der Waals surface area contributed by atoms with Crippen molar-refractivity contribution in [2.24, 2.45) is 0 Å². The van der Waals surface area contributed by atoms with Crippen molar-refractivity contribution in [3.63, 3.8) is 0 Å². The average Bonchev–Trinajstić information content (AvgIpc) is 2.25. The molecule has 0 bridgehead atoms. The minimum Gasteiger partial charge on any atom is -0.385 e. The monoisotopic (exact) mass is 240 g/mol. The second kappa shape index (κ2) is 5.44. The molecule has 0 saturated carbocycles. The molecule has 5 nitrogen and oxygen atoms in total. The number of nitrogens with zero attached hydrogens (tertiary/aromatic N) is 1. The Labute approximate surface area is 102 Å². The van der Waals surface area contributed by atoms with E-state index >= 15 is 0 Å². The number of methoxy groups -OCH3 is 2. The van der Waals surface area contributed by atoms with Gasteiger partial charge in [0.2, 0.25) is 0 Å². The highest BCUT2D eigenvalue weighted by atomic mass is 16.7. The smallest absolute Gasteiger partial charge is 0.159 e. The van der Waals surface area contributed by atoms with E-state index in [4.69, 9.17) is 15.2 Å². The molecule has 0 amide bonds. The third-order valence-corrected chi connectivity index (χ3v) is 2.82. The van der Waals surface area contributed by atoms with E-state index in [1.54, 1.807) is 13.1 Å². The van der Waals surface area contributed by atoms with Crippen LogP contribution < -0.4 is 5.73 Å². The highest BCUT2D eigenvalue weighted by Gasteiger charge is 2.31. The lowest BCUT2D eigenvalue weighted by molar-refractivity contribution is -0.142. The molecule has 1 heterocycles. The fourth-order valence-corrected chi connectivity index (χ4v) is 1.97. The summed E-state index contributed by atoms with van der Waals surface area (Å²) >= 11 is 0. The Bertz CT molecular complexity index is 356. The molecule has 96 valence electrons. The van der Waals surface area contributed by atoms with E-state index in [-0.39, 0.29) is 6.42 Å². The number of rotatable bonds is 5. The number of nitrogen functional groups attached to an aromatic ring is 1. The lowest BCUT2D eigenvalue weighted by atomic mass is 9.89. The third-order valence-electron chi connectivity index (χ3n) is 2.82. The number of ether oxygens (including phenoxy) is 2. The van der Waals surface area contributed by atoms with Crippen LogP contribution in [0, 0.1) is 6.92 Å². The third kappa shape index (κ3) is 3.15. The summed E-state index contributed by atoms with van der Waals surface area (Å²) < 4.78 is 10.2. The topological polar surface area (TPSA) is 77.6 Å². The van der Waals surface area contributed by atoms with Crippen LogP contribution in [0.5, 0.6) is 0 Å². The average molecular weight is 240 g/mol. The first kappa shape index (κ1) is 13.9. The highest BCUT2D eigenvalue weighted by Crippen LogP contribution is 2.32. The van der Waals surface area contributed by atoms with Crippen LogP contribution in [0.2, 0.25) is 0 Å². The van der Waals surface area contributed by atoms with Crippen LogP contribution in [0.1, 0.15) is 24.5 Å². The van der Waals surface area contributed by atoms with E-state index in [0.29, 0.717) is 11.4 Å². The van der Waals surface area contributed by atoms with E-state index < -0.39 is 11.9 Å². The number of anilines is 1. The molecule has 1 aromatic heterocycles. The molecule has 0 spiro atoms. The second-order valence-corrected chi connectivity index (χ2v) is 4.27. The lowest BCUT2D eigenvalue weighted by Gasteiger charge is -2.29. The van der Waals surface area contributed by atoms with Crippen molar-refractivity contribution >= 4 is 5.82 Å². The van der Waals surface area contributed by atoms with E-state index in [9.17, 15) is 5.11 Å². The fraction of sp³-hybridized carbons (Fsp3) is 0.583. The van der Waals surface area contributed by atoms with E-state index in [2.05, 4.69) is 4.98 Å². The summed E-state index contributed by atoms with van der Waals surface area (Å²) in [4.78, 5) is 4.00. The van der Waals surface area contributed by atoms with Gasteiger partial charge in [0.1, 0.15) is 5.82 Å². The molecule has 0 saturated heterocycles. The maximum atomic E-state index is 10.5. The van der Waals surface area contributed by atoms with Crippen molar-refractivity contribution in [2.45, 2.75) is 32.2 Å². The predicted octanol–water partition coefficient (Wildman–Crippen LogP) is 1.19. The molecular formula is C12H20N2O3. The van der Waals surface area contributed by atoms with Crippen molar-refractivity contribution < 1.29 is 14.6 Å². The SMILES string of the molecule is COC(CC(C)(O)c1c(C)ccnc1N)OC. The Morgan fingerprint density at radius 2 is 2.06 bits per heavy atom. The van der Waals surface area contributed by atoms with Gasteiger partial charge < -0.3 is 20.3 Å².